The topological polar surface area (TPSA) is 185 Å². The number of nitrogen functional groups attached to an aromatic ring is 1. The van der Waals surface area contributed by atoms with Crippen molar-refractivity contribution in [1.29, 1.82) is 0 Å². The number of carboxylic acids is 2. The molecule has 2 unspecified atom stereocenters. The number of nitrogens with one attached hydrogen (secondary N) is 1. The molecule has 0 bridgehead atoms. The van der Waals surface area contributed by atoms with Gasteiger partial charge in [0, 0.05) is 12.3 Å². The molecule has 2 amide bonds. The van der Waals surface area contributed by atoms with Crippen molar-refractivity contribution in [2.45, 2.75) is 16.2 Å². The molecule has 3 rings (SSSR count). The van der Waals surface area contributed by atoms with E-state index in [9.17, 15) is 24.3 Å². The maximum absolute atomic E-state index is 12.8. The van der Waals surface area contributed by atoms with Crippen LogP contribution in [0.25, 0.3) is 0 Å². The summed E-state index contributed by atoms with van der Waals surface area (Å²) in [6.07, 6.45) is 1.68. The van der Waals surface area contributed by atoms with Crippen LogP contribution in [0, 0.1) is 0 Å². The number of pyridine rings is 1. The van der Waals surface area contributed by atoms with Crippen LogP contribution in [0.1, 0.15) is 5.69 Å². The molecule has 2 aliphatic rings. The van der Waals surface area contributed by atoms with Crippen LogP contribution < -0.4 is 11.1 Å². The molecule has 0 saturated carbocycles. The minimum absolute atomic E-state index is 0.0335. The first kappa shape index (κ1) is 22.7. The average Bonchev–Trinajstić information content (AvgIpc) is 2.73. The van der Waals surface area contributed by atoms with Gasteiger partial charge in [0.05, 0.1) is 0 Å². The molecule has 14 heteroatoms. The Balaban J connectivity index is 1.75. The van der Waals surface area contributed by atoms with Crippen LogP contribution in [0.4, 0.5) is 5.82 Å². The average molecular weight is 470 g/mol. The summed E-state index contributed by atoms with van der Waals surface area (Å²) >= 11 is 2.43. The Hall–Kier alpha value is -3.00. The van der Waals surface area contributed by atoms with Crippen molar-refractivity contribution in [3.63, 3.8) is 0 Å². The molecule has 0 aliphatic carbocycles. The van der Waals surface area contributed by atoms with E-state index in [4.69, 9.17) is 10.8 Å². The Morgan fingerprint density at radius 1 is 1.45 bits per heavy atom. The van der Waals surface area contributed by atoms with Gasteiger partial charge in [-0.3, -0.25) is 14.4 Å². The smallest absolute Gasteiger partial charge is 0.344 e. The van der Waals surface area contributed by atoms with Gasteiger partial charge in [0.1, 0.15) is 27.7 Å². The van der Waals surface area contributed by atoms with Gasteiger partial charge >= 0.3 is 11.9 Å². The first-order valence-electron chi connectivity index (χ1n) is 8.84. The van der Waals surface area contributed by atoms with Gasteiger partial charge < -0.3 is 31.0 Å². The number of fused-ring (bicyclic) bond motifs is 1. The van der Waals surface area contributed by atoms with Gasteiger partial charge in [-0.2, -0.15) is 0 Å². The van der Waals surface area contributed by atoms with Gasteiger partial charge in [0.15, 0.2) is 5.71 Å². The number of carbonyl (C=O) groups excluding carboxylic acids is 2. The summed E-state index contributed by atoms with van der Waals surface area (Å²) in [7, 11) is 0. The zero-order valence-electron chi connectivity index (χ0n) is 16.2. The summed E-state index contributed by atoms with van der Waals surface area (Å²) in [5.74, 6) is -3.14. The molecular formula is C17H19N5O7S2. The van der Waals surface area contributed by atoms with E-state index in [-0.39, 0.29) is 29.5 Å². The first-order valence-corrected chi connectivity index (χ1v) is 11.1. The summed E-state index contributed by atoms with van der Waals surface area (Å²) in [6.45, 7) is -0.745. The summed E-state index contributed by atoms with van der Waals surface area (Å²) in [5, 5.41) is 23.9. The number of oxime groups is 1. The quantitative estimate of drug-likeness (QED) is 0.209. The fraction of sp³-hybridized carbons (Fsp3) is 0.412. The molecule has 3 heterocycles. The number of hydrogen-bond acceptors (Lipinski definition) is 10. The van der Waals surface area contributed by atoms with Gasteiger partial charge in [-0.15, -0.1) is 23.5 Å². The van der Waals surface area contributed by atoms with Crippen molar-refractivity contribution >= 4 is 58.8 Å². The normalized spacial score (nSPS) is 25.3. The molecule has 3 atom stereocenters. The van der Waals surface area contributed by atoms with Crippen LogP contribution in [0.5, 0.6) is 0 Å². The number of hydrogen-bond donors (Lipinski definition) is 4. The van der Waals surface area contributed by atoms with Crippen molar-refractivity contribution in [2.75, 3.05) is 30.9 Å². The number of carbonyl (C=O) groups is 4. The predicted octanol–water partition coefficient (Wildman–Crippen LogP) is -0.945. The third kappa shape index (κ3) is 4.54. The molecule has 0 radical (unpaired) electrons. The number of aromatic nitrogens is 1. The minimum atomic E-state index is -1.29. The Morgan fingerprint density at radius 3 is 2.81 bits per heavy atom. The molecule has 1 aromatic heterocycles. The van der Waals surface area contributed by atoms with E-state index in [1.54, 1.807) is 6.26 Å². The van der Waals surface area contributed by atoms with E-state index < -0.39 is 46.5 Å². The lowest BCUT2D eigenvalue weighted by molar-refractivity contribution is -0.151. The fourth-order valence-corrected chi connectivity index (χ4v) is 5.55. The maximum Gasteiger partial charge on any atom is 0.344 e. The molecule has 31 heavy (non-hydrogen) atoms. The van der Waals surface area contributed by atoms with Gasteiger partial charge in [-0.1, -0.05) is 11.2 Å². The summed E-state index contributed by atoms with van der Waals surface area (Å²) in [5.41, 5.74) is 5.33. The largest absolute Gasteiger partial charge is 0.480 e. The lowest BCUT2D eigenvalue weighted by atomic mass is 10.0. The van der Waals surface area contributed by atoms with E-state index in [1.165, 1.54) is 46.6 Å². The second-order valence-electron chi connectivity index (χ2n) is 6.68. The number of rotatable bonds is 8. The minimum Gasteiger partial charge on any atom is -0.480 e. The lowest BCUT2D eigenvalue weighted by Crippen LogP contribution is -2.74. The number of amides is 2. The van der Waals surface area contributed by atoms with Crippen LogP contribution in [0.3, 0.4) is 0 Å². The summed E-state index contributed by atoms with van der Waals surface area (Å²) < 4.78 is -1.10. The van der Waals surface area contributed by atoms with E-state index in [1.807, 2.05) is 0 Å². The van der Waals surface area contributed by atoms with Crippen molar-refractivity contribution in [3.8, 4) is 0 Å². The number of anilines is 1. The highest BCUT2D eigenvalue weighted by Crippen LogP contribution is 2.43. The van der Waals surface area contributed by atoms with Crippen LogP contribution in [-0.4, -0.2) is 90.9 Å². The van der Waals surface area contributed by atoms with E-state index in [0.29, 0.717) is 0 Å². The second kappa shape index (κ2) is 9.01. The lowest BCUT2D eigenvalue weighted by Gasteiger charge is -2.53. The van der Waals surface area contributed by atoms with Crippen LogP contribution in [0.2, 0.25) is 0 Å². The zero-order valence-corrected chi connectivity index (χ0v) is 17.8. The highest BCUT2D eigenvalue weighted by atomic mass is 32.2. The van der Waals surface area contributed by atoms with E-state index in [0.717, 1.165) is 0 Å². The Morgan fingerprint density at radius 2 is 2.19 bits per heavy atom. The number of thioether (sulfide) groups is 2. The van der Waals surface area contributed by atoms with E-state index >= 15 is 0 Å². The van der Waals surface area contributed by atoms with Crippen molar-refractivity contribution in [2.24, 2.45) is 5.16 Å². The fourth-order valence-electron chi connectivity index (χ4n) is 3.04. The van der Waals surface area contributed by atoms with Crippen LogP contribution in [0.15, 0.2) is 23.4 Å². The number of carboxylic acid groups (broad SMARTS) is 2. The van der Waals surface area contributed by atoms with Crippen molar-refractivity contribution < 1.29 is 34.2 Å². The molecular weight excluding hydrogens is 450 g/mol. The highest BCUT2D eigenvalue weighted by Gasteiger charge is 2.57. The SMILES string of the molecule is CSC1(C(=O)O)CS[C@@H]2C(NC(=O)C(=NOCC(=O)O)c3cccc(N)n3)C(=O)N2C1. The maximum atomic E-state index is 12.8. The van der Waals surface area contributed by atoms with Crippen LogP contribution >= 0.6 is 23.5 Å². The van der Waals surface area contributed by atoms with Crippen molar-refractivity contribution in [3.05, 3.63) is 23.9 Å². The molecule has 12 nitrogen and oxygen atoms in total. The molecule has 2 fully saturated rings. The first-order chi connectivity index (χ1) is 14.7. The molecule has 1 aromatic rings. The number of nitrogens with zero attached hydrogens (tertiary/aromatic N) is 3. The number of nitrogens with two attached hydrogens (primary N) is 1. The monoisotopic (exact) mass is 469 g/mol. The van der Waals surface area contributed by atoms with Crippen molar-refractivity contribution in [1.82, 2.24) is 15.2 Å². The third-order valence-corrected chi connectivity index (χ3v) is 7.63. The Bertz CT molecular complexity index is 959. The zero-order chi connectivity index (χ0) is 22.8. The van der Waals surface area contributed by atoms with E-state index in [2.05, 4.69) is 20.3 Å². The van der Waals surface area contributed by atoms with Gasteiger partial charge in [0.2, 0.25) is 12.5 Å². The molecule has 2 aliphatic heterocycles. The molecule has 0 spiro atoms. The second-order valence-corrected chi connectivity index (χ2v) is 8.97. The third-order valence-electron chi connectivity index (χ3n) is 4.69. The highest BCUT2D eigenvalue weighted by molar-refractivity contribution is 8.04. The number of β-lactam (4-membered cyclic amide) rings is 1. The molecule has 0 aromatic carbocycles. The van der Waals surface area contributed by atoms with Gasteiger partial charge in [-0.25, -0.2) is 9.78 Å². The summed E-state index contributed by atoms with van der Waals surface area (Å²) in [4.78, 5) is 57.8. The molecule has 2 saturated heterocycles. The Labute approximate surface area is 184 Å². The van der Waals surface area contributed by atoms with Crippen LogP contribution in [-0.2, 0) is 24.0 Å². The molecule has 5 N–H and O–H groups in total. The molecule has 166 valence electrons. The number of aliphatic carboxylic acids is 2. The Kier molecular flexibility index (Phi) is 6.59. The van der Waals surface area contributed by atoms with Gasteiger partial charge in [-0.05, 0) is 18.4 Å². The predicted molar refractivity (Wildman–Crippen MR) is 113 cm³/mol. The summed E-state index contributed by atoms with van der Waals surface area (Å²) in [6, 6.07) is 3.56. The standard InChI is InChI=1S/C17H19N5O7S2/c1-30-17(16(27)28)6-22-14(26)12(15(22)31-7-17)20-13(25)11(21-29-5-10(23)24)8-3-2-4-9(18)19-8/h2-4,12,15H,5-7H2,1H3,(H2,18,19)(H,20,25)(H,23,24)(H,27,28)/t12?,15-,17?/m1/s1. The van der Waals surface area contributed by atoms with Gasteiger partial charge in [0.25, 0.3) is 5.91 Å².